The van der Waals surface area contributed by atoms with Gasteiger partial charge in [-0.05, 0) is 56.3 Å². The van der Waals surface area contributed by atoms with Gasteiger partial charge in [0, 0.05) is 23.9 Å². The first-order valence-corrected chi connectivity index (χ1v) is 11.2. The van der Waals surface area contributed by atoms with Gasteiger partial charge in [0.15, 0.2) is 11.5 Å². The lowest BCUT2D eigenvalue weighted by Gasteiger charge is -2.12. The molecular weight excluding hydrogens is 420 g/mol. The van der Waals surface area contributed by atoms with Gasteiger partial charge < -0.3 is 19.2 Å². The van der Waals surface area contributed by atoms with Crippen molar-refractivity contribution in [1.82, 2.24) is 0 Å². The second kappa shape index (κ2) is 8.35. The number of rotatable bonds is 5. The van der Waals surface area contributed by atoms with E-state index in [1.165, 1.54) is 12.1 Å². The van der Waals surface area contributed by atoms with E-state index in [2.05, 4.69) is 10.0 Å². The van der Waals surface area contributed by atoms with E-state index in [0.29, 0.717) is 53.2 Å². The monoisotopic (exact) mass is 442 g/mol. The summed E-state index contributed by atoms with van der Waals surface area (Å²) in [7, 11) is -3.83. The first-order valence-electron chi connectivity index (χ1n) is 9.73. The zero-order chi connectivity index (χ0) is 22.0. The molecule has 0 spiro atoms. The van der Waals surface area contributed by atoms with Gasteiger partial charge in [0.2, 0.25) is 0 Å². The maximum Gasteiger partial charge on any atom is 0.262 e. The highest BCUT2D eigenvalue weighted by Gasteiger charge is 2.19. The Kier molecular flexibility index (Phi) is 5.60. The van der Waals surface area contributed by atoms with Crippen LogP contribution in [-0.2, 0) is 10.0 Å². The lowest BCUT2D eigenvalue weighted by molar-refractivity contribution is 0.102. The molecule has 0 saturated carbocycles. The fourth-order valence-electron chi connectivity index (χ4n) is 3.20. The average molecular weight is 442 g/mol. The largest absolute Gasteiger partial charge is 0.490 e. The predicted octanol–water partition coefficient (Wildman–Crippen LogP) is 4.11. The molecule has 8 nitrogen and oxygen atoms in total. The molecule has 0 atom stereocenters. The molecule has 1 amide bonds. The summed E-state index contributed by atoms with van der Waals surface area (Å²) in [5, 5.41) is 2.77. The van der Waals surface area contributed by atoms with Crippen LogP contribution in [0.25, 0.3) is 0 Å². The molecule has 31 heavy (non-hydrogen) atoms. The zero-order valence-electron chi connectivity index (χ0n) is 17.1. The van der Waals surface area contributed by atoms with E-state index >= 15 is 0 Å². The van der Waals surface area contributed by atoms with Gasteiger partial charge in [-0.15, -0.1) is 0 Å². The van der Waals surface area contributed by atoms with Gasteiger partial charge in [0.05, 0.1) is 23.7 Å². The summed E-state index contributed by atoms with van der Waals surface area (Å²) in [5.41, 5.74) is 1.35. The fraction of sp³-hybridized carbons (Fsp3) is 0.227. The van der Waals surface area contributed by atoms with Crippen molar-refractivity contribution in [1.29, 1.82) is 0 Å². The highest BCUT2D eigenvalue weighted by Crippen LogP contribution is 2.32. The molecule has 2 N–H and O–H groups in total. The van der Waals surface area contributed by atoms with Crippen LogP contribution in [0.15, 0.2) is 57.8 Å². The number of amides is 1. The predicted molar refractivity (Wildman–Crippen MR) is 115 cm³/mol. The highest BCUT2D eigenvalue weighted by molar-refractivity contribution is 7.92. The molecule has 162 valence electrons. The normalized spacial score (nSPS) is 13.4. The first kappa shape index (κ1) is 20.8. The van der Waals surface area contributed by atoms with Gasteiger partial charge in [-0.2, -0.15) is 0 Å². The van der Waals surface area contributed by atoms with Crippen molar-refractivity contribution < 1.29 is 27.1 Å². The molecule has 9 heteroatoms. The van der Waals surface area contributed by atoms with E-state index in [4.69, 9.17) is 13.9 Å². The van der Waals surface area contributed by atoms with Crippen molar-refractivity contribution in [2.45, 2.75) is 25.2 Å². The molecule has 3 aromatic rings. The molecule has 0 radical (unpaired) electrons. The third kappa shape index (κ3) is 4.66. The van der Waals surface area contributed by atoms with Gasteiger partial charge in [-0.25, -0.2) is 8.42 Å². The first-order chi connectivity index (χ1) is 14.8. The average Bonchev–Trinajstić information content (AvgIpc) is 2.93. The SMILES string of the molecule is Cc1cc(C(=O)Nc2ccc(NS(=O)(=O)c3ccc4c(c3)OCCCO4)cc2)c(C)o1. The molecule has 2 aromatic carbocycles. The van der Waals surface area contributed by atoms with Gasteiger partial charge in [-0.1, -0.05) is 0 Å². The second-order valence-corrected chi connectivity index (χ2v) is 8.81. The van der Waals surface area contributed by atoms with Crippen molar-refractivity contribution >= 4 is 27.3 Å². The maximum atomic E-state index is 12.8. The van der Waals surface area contributed by atoms with Crippen molar-refractivity contribution in [2.24, 2.45) is 0 Å². The third-order valence-corrected chi connectivity index (χ3v) is 6.09. The van der Waals surface area contributed by atoms with Crippen LogP contribution >= 0.6 is 0 Å². The van der Waals surface area contributed by atoms with Crippen molar-refractivity contribution in [3.63, 3.8) is 0 Å². The minimum Gasteiger partial charge on any atom is -0.490 e. The molecule has 4 rings (SSSR count). The molecule has 0 bridgehead atoms. The van der Waals surface area contributed by atoms with Crippen molar-refractivity contribution in [3.8, 4) is 11.5 Å². The number of hydrogen-bond donors (Lipinski definition) is 2. The topological polar surface area (TPSA) is 107 Å². The van der Waals surface area contributed by atoms with Crippen LogP contribution in [0.4, 0.5) is 11.4 Å². The molecule has 0 aliphatic carbocycles. The van der Waals surface area contributed by atoms with E-state index in [-0.39, 0.29) is 10.8 Å². The number of furan rings is 1. The smallest absolute Gasteiger partial charge is 0.262 e. The molecule has 1 aromatic heterocycles. The molecule has 0 saturated heterocycles. The molecule has 0 unspecified atom stereocenters. The maximum absolute atomic E-state index is 12.8. The molecule has 1 aliphatic heterocycles. The number of ether oxygens (including phenoxy) is 2. The number of benzene rings is 2. The molecule has 0 fully saturated rings. The minimum atomic E-state index is -3.83. The van der Waals surface area contributed by atoms with Crippen LogP contribution in [0.1, 0.15) is 28.3 Å². The van der Waals surface area contributed by atoms with Gasteiger partial charge in [0.25, 0.3) is 15.9 Å². The lowest BCUT2D eigenvalue weighted by atomic mass is 10.2. The highest BCUT2D eigenvalue weighted by atomic mass is 32.2. The van der Waals surface area contributed by atoms with E-state index in [1.54, 1.807) is 50.2 Å². The van der Waals surface area contributed by atoms with Crippen molar-refractivity contribution in [3.05, 3.63) is 65.6 Å². The van der Waals surface area contributed by atoms with E-state index in [0.717, 1.165) is 6.42 Å². The Labute approximate surface area is 180 Å². The summed E-state index contributed by atoms with van der Waals surface area (Å²) in [6.45, 7) is 4.49. The van der Waals surface area contributed by atoms with Crippen LogP contribution in [0.3, 0.4) is 0 Å². The summed E-state index contributed by atoms with van der Waals surface area (Å²) >= 11 is 0. The van der Waals surface area contributed by atoms with Crippen LogP contribution in [-0.4, -0.2) is 27.5 Å². The standard InChI is InChI=1S/C22H22N2O6S/c1-14-12-19(15(2)30-14)22(25)23-16-4-6-17(7-5-16)24-31(26,27)18-8-9-20-21(13-18)29-11-3-10-28-20/h4-9,12-13,24H,3,10-11H2,1-2H3,(H,23,25). The molecule has 1 aliphatic rings. The van der Waals surface area contributed by atoms with Gasteiger partial charge >= 0.3 is 0 Å². The van der Waals surface area contributed by atoms with E-state index in [1.807, 2.05) is 0 Å². The number of fused-ring (bicyclic) bond motifs is 1. The quantitative estimate of drug-likeness (QED) is 0.616. The van der Waals surface area contributed by atoms with Crippen LogP contribution in [0, 0.1) is 13.8 Å². The fourth-order valence-corrected chi connectivity index (χ4v) is 4.27. The number of carbonyl (C=O) groups is 1. The number of sulfonamides is 1. The van der Waals surface area contributed by atoms with E-state index < -0.39 is 10.0 Å². The Morgan fingerprint density at radius 3 is 2.26 bits per heavy atom. The number of aryl methyl sites for hydroxylation is 2. The molecular formula is C22H22N2O6S. The van der Waals surface area contributed by atoms with Gasteiger partial charge in [0.1, 0.15) is 11.5 Å². The molecule has 2 heterocycles. The summed E-state index contributed by atoms with van der Waals surface area (Å²) in [6.07, 6.45) is 0.734. The second-order valence-electron chi connectivity index (χ2n) is 7.12. The Morgan fingerprint density at radius 1 is 0.903 bits per heavy atom. The third-order valence-electron chi connectivity index (χ3n) is 4.71. The summed E-state index contributed by atoms with van der Waals surface area (Å²) in [5.74, 6) is 1.83. The summed E-state index contributed by atoms with van der Waals surface area (Å²) in [4.78, 5) is 12.5. The Morgan fingerprint density at radius 2 is 1.58 bits per heavy atom. The number of hydrogen-bond acceptors (Lipinski definition) is 6. The number of carbonyl (C=O) groups excluding carboxylic acids is 1. The lowest BCUT2D eigenvalue weighted by Crippen LogP contribution is -2.14. The Hall–Kier alpha value is -3.46. The van der Waals surface area contributed by atoms with Crippen LogP contribution in [0.5, 0.6) is 11.5 Å². The minimum absolute atomic E-state index is 0.0694. The van der Waals surface area contributed by atoms with Crippen LogP contribution < -0.4 is 19.5 Å². The van der Waals surface area contributed by atoms with Crippen molar-refractivity contribution in [2.75, 3.05) is 23.3 Å². The summed E-state index contributed by atoms with van der Waals surface area (Å²) < 4.78 is 44.6. The number of anilines is 2. The zero-order valence-corrected chi connectivity index (χ0v) is 17.9. The van der Waals surface area contributed by atoms with E-state index in [9.17, 15) is 13.2 Å². The van der Waals surface area contributed by atoms with Crippen LogP contribution in [0.2, 0.25) is 0 Å². The Balaban J connectivity index is 1.46. The van der Waals surface area contributed by atoms with Gasteiger partial charge in [-0.3, -0.25) is 9.52 Å². The summed E-state index contributed by atoms with van der Waals surface area (Å²) in [6, 6.07) is 12.6. The number of nitrogens with one attached hydrogen (secondary N) is 2. The Bertz CT molecular complexity index is 1220.